The molecule has 3 aromatic carbocycles. The molecule has 1 N–H and O–H groups in total. The average molecular weight is 304 g/mol. The molecule has 23 heavy (non-hydrogen) atoms. The van der Waals surface area contributed by atoms with E-state index in [9.17, 15) is 5.11 Å². The SMILES string of the molecule is CC(C)(O)c1ccc(-c2ccc(Oc3ccccc3)cc2)cc1. The van der Waals surface area contributed by atoms with Gasteiger partial charge in [-0.05, 0) is 54.8 Å². The summed E-state index contributed by atoms with van der Waals surface area (Å²) >= 11 is 0. The van der Waals surface area contributed by atoms with Gasteiger partial charge in [0.1, 0.15) is 11.5 Å². The summed E-state index contributed by atoms with van der Waals surface area (Å²) in [6.07, 6.45) is 0. The van der Waals surface area contributed by atoms with Crippen LogP contribution in [0.1, 0.15) is 19.4 Å². The molecule has 0 aliphatic carbocycles. The standard InChI is InChI=1S/C21H20O2/c1-21(2,22)18-12-8-16(9-13-18)17-10-14-20(15-11-17)23-19-6-4-3-5-7-19/h3-15,22H,1-2H3. The smallest absolute Gasteiger partial charge is 0.127 e. The van der Waals surface area contributed by atoms with E-state index in [1.807, 2.05) is 78.9 Å². The van der Waals surface area contributed by atoms with E-state index >= 15 is 0 Å². The number of aliphatic hydroxyl groups is 1. The fraction of sp³-hybridized carbons (Fsp3) is 0.143. The van der Waals surface area contributed by atoms with Crippen molar-refractivity contribution in [2.45, 2.75) is 19.4 Å². The minimum absolute atomic E-state index is 0.813. The van der Waals surface area contributed by atoms with Gasteiger partial charge in [-0.1, -0.05) is 54.6 Å². The van der Waals surface area contributed by atoms with Gasteiger partial charge in [-0.2, -0.15) is 0 Å². The largest absolute Gasteiger partial charge is 0.457 e. The second kappa shape index (κ2) is 6.27. The van der Waals surface area contributed by atoms with E-state index in [0.717, 1.165) is 28.2 Å². The highest BCUT2D eigenvalue weighted by molar-refractivity contribution is 5.64. The fourth-order valence-corrected chi connectivity index (χ4v) is 2.41. The number of hydrogen-bond acceptors (Lipinski definition) is 2. The summed E-state index contributed by atoms with van der Waals surface area (Å²) in [5.74, 6) is 1.64. The summed E-state index contributed by atoms with van der Waals surface area (Å²) in [6, 6.07) is 25.7. The first-order chi connectivity index (χ1) is 11.0. The Balaban J connectivity index is 1.77. The highest BCUT2D eigenvalue weighted by Gasteiger charge is 2.15. The predicted octanol–water partition coefficient (Wildman–Crippen LogP) is 5.37. The van der Waals surface area contributed by atoms with Gasteiger partial charge in [-0.25, -0.2) is 0 Å². The van der Waals surface area contributed by atoms with Gasteiger partial charge in [0.25, 0.3) is 0 Å². The third-order valence-electron chi connectivity index (χ3n) is 3.76. The lowest BCUT2D eigenvalue weighted by molar-refractivity contribution is 0.0786. The van der Waals surface area contributed by atoms with Crippen LogP contribution in [0.5, 0.6) is 11.5 Å². The maximum Gasteiger partial charge on any atom is 0.127 e. The lowest BCUT2D eigenvalue weighted by Gasteiger charge is -2.18. The Hall–Kier alpha value is -2.58. The van der Waals surface area contributed by atoms with Gasteiger partial charge >= 0.3 is 0 Å². The summed E-state index contributed by atoms with van der Waals surface area (Å²) in [6.45, 7) is 3.58. The predicted molar refractivity (Wildman–Crippen MR) is 93.6 cm³/mol. The van der Waals surface area contributed by atoms with Crippen molar-refractivity contribution in [3.05, 3.63) is 84.4 Å². The lowest BCUT2D eigenvalue weighted by atomic mass is 9.95. The third kappa shape index (κ3) is 3.79. The van der Waals surface area contributed by atoms with E-state index in [4.69, 9.17) is 4.74 Å². The van der Waals surface area contributed by atoms with Gasteiger partial charge in [0.05, 0.1) is 5.60 Å². The van der Waals surface area contributed by atoms with Crippen molar-refractivity contribution in [3.63, 3.8) is 0 Å². The molecule has 116 valence electrons. The molecule has 0 bridgehead atoms. The maximum atomic E-state index is 10.0. The molecule has 0 fully saturated rings. The van der Waals surface area contributed by atoms with Crippen molar-refractivity contribution in [2.75, 3.05) is 0 Å². The highest BCUT2D eigenvalue weighted by Crippen LogP contribution is 2.27. The Bertz CT molecular complexity index is 752. The molecule has 2 nitrogen and oxygen atoms in total. The number of rotatable bonds is 4. The fourth-order valence-electron chi connectivity index (χ4n) is 2.41. The van der Waals surface area contributed by atoms with Gasteiger partial charge in [-0.15, -0.1) is 0 Å². The van der Waals surface area contributed by atoms with E-state index in [0.29, 0.717) is 0 Å². The molecule has 0 amide bonds. The van der Waals surface area contributed by atoms with E-state index < -0.39 is 5.60 Å². The van der Waals surface area contributed by atoms with Crippen LogP contribution >= 0.6 is 0 Å². The Kier molecular flexibility index (Phi) is 4.18. The first-order valence-electron chi connectivity index (χ1n) is 7.69. The molecular formula is C21H20O2. The van der Waals surface area contributed by atoms with Crippen molar-refractivity contribution in [3.8, 4) is 22.6 Å². The highest BCUT2D eigenvalue weighted by atomic mass is 16.5. The molecule has 0 unspecified atom stereocenters. The summed E-state index contributed by atoms with van der Waals surface area (Å²) < 4.78 is 5.80. The number of para-hydroxylation sites is 1. The first-order valence-corrected chi connectivity index (χ1v) is 7.69. The zero-order valence-electron chi connectivity index (χ0n) is 13.4. The first kappa shape index (κ1) is 15.3. The Morgan fingerprint density at radius 1 is 0.652 bits per heavy atom. The van der Waals surface area contributed by atoms with Gasteiger partial charge in [-0.3, -0.25) is 0 Å². The molecule has 2 heteroatoms. The number of benzene rings is 3. The average Bonchev–Trinajstić information content (AvgIpc) is 2.56. The second-order valence-electron chi connectivity index (χ2n) is 6.08. The Morgan fingerprint density at radius 3 is 1.65 bits per heavy atom. The summed E-state index contributed by atoms with van der Waals surface area (Å²) in [4.78, 5) is 0. The van der Waals surface area contributed by atoms with Crippen LogP contribution in [0.3, 0.4) is 0 Å². The summed E-state index contributed by atoms with van der Waals surface area (Å²) in [5.41, 5.74) is 2.33. The number of hydrogen-bond donors (Lipinski definition) is 1. The topological polar surface area (TPSA) is 29.5 Å². The van der Waals surface area contributed by atoms with Crippen LogP contribution < -0.4 is 4.74 Å². The molecule has 0 atom stereocenters. The quantitative estimate of drug-likeness (QED) is 0.702. The molecule has 0 spiro atoms. The lowest BCUT2D eigenvalue weighted by Crippen LogP contribution is -2.14. The second-order valence-corrected chi connectivity index (χ2v) is 6.08. The molecule has 0 heterocycles. The van der Waals surface area contributed by atoms with Crippen LogP contribution in [0.4, 0.5) is 0 Å². The molecule has 0 saturated carbocycles. The van der Waals surface area contributed by atoms with E-state index in [-0.39, 0.29) is 0 Å². The molecule has 0 radical (unpaired) electrons. The van der Waals surface area contributed by atoms with Gasteiger partial charge in [0.15, 0.2) is 0 Å². The van der Waals surface area contributed by atoms with Crippen LogP contribution in [0.2, 0.25) is 0 Å². The van der Waals surface area contributed by atoms with Crippen LogP contribution in [-0.2, 0) is 5.60 Å². The zero-order chi connectivity index (χ0) is 16.3. The zero-order valence-corrected chi connectivity index (χ0v) is 13.4. The molecule has 3 aromatic rings. The molecular weight excluding hydrogens is 284 g/mol. The third-order valence-corrected chi connectivity index (χ3v) is 3.76. The van der Waals surface area contributed by atoms with Crippen molar-refractivity contribution in [1.29, 1.82) is 0 Å². The van der Waals surface area contributed by atoms with Gasteiger partial charge < -0.3 is 9.84 Å². The minimum Gasteiger partial charge on any atom is -0.457 e. The van der Waals surface area contributed by atoms with Crippen LogP contribution in [0.15, 0.2) is 78.9 Å². The Morgan fingerprint density at radius 2 is 1.13 bits per heavy atom. The molecule has 3 rings (SSSR count). The van der Waals surface area contributed by atoms with Gasteiger partial charge in [0, 0.05) is 0 Å². The van der Waals surface area contributed by atoms with E-state index in [1.54, 1.807) is 13.8 Å². The van der Waals surface area contributed by atoms with E-state index in [1.165, 1.54) is 0 Å². The van der Waals surface area contributed by atoms with Crippen LogP contribution in [0.25, 0.3) is 11.1 Å². The molecule has 0 aliphatic rings. The summed E-state index contributed by atoms with van der Waals surface area (Å²) in [7, 11) is 0. The van der Waals surface area contributed by atoms with E-state index in [2.05, 4.69) is 0 Å². The minimum atomic E-state index is -0.814. The molecule has 0 saturated heterocycles. The van der Waals surface area contributed by atoms with Crippen molar-refractivity contribution < 1.29 is 9.84 Å². The molecule has 0 aromatic heterocycles. The summed E-state index contributed by atoms with van der Waals surface area (Å²) in [5, 5.41) is 10.0. The Labute approximate surface area is 137 Å². The normalized spacial score (nSPS) is 11.3. The van der Waals surface area contributed by atoms with Crippen molar-refractivity contribution >= 4 is 0 Å². The maximum absolute atomic E-state index is 10.0. The van der Waals surface area contributed by atoms with Crippen molar-refractivity contribution in [1.82, 2.24) is 0 Å². The van der Waals surface area contributed by atoms with Crippen LogP contribution in [-0.4, -0.2) is 5.11 Å². The van der Waals surface area contributed by atoms with Crippen molar-refractivity contribution in [2.24, 2.45) is 0 Å². The van der Waals surface area contributed by atoms with Gasteiger partial charge in [0.2, 0.25) is 0 Å². The number of ether oxygens (including phenoxy) is 1. The monoisotopic (exact) mass is 304 g/mol. The van der Waals surface area contributed by atoms with Crippen LogP contribution in [0, 0.1) is 0 Å². The molecule has 0 aliphatic heterocycles.